The highest BCUT2D eigenvalue weighted by molar-refractivity contribution is 6.06. The summed E-state index contributed by atoms with van der Waals surface area (Å²) in [6.07, 6.45) is 5.12. The number of likely N-dealkylation sites (N-methyl/N-ethyl adjacent to an activating group) is 1. The van der Waals surface area contributed by atoms with Crippen molar-refractivity contribution >= 4 is 16.8 Å². The highest BCUT2D eigenvalue weighted by atomic mass is 19.1. The molecule has 0 saturated carbocycles. The van der Waals surface area contributed by atoms with Gasteiger partial charge in [-0.25, -0.2) is 9.07 Å². The van der Waals surface area contributed by atoms with Gasteiger partial charge in [-0.15, -0.1) is 5.10 Å². The first-order valence-corrected chi connectivity index (χ1v) is 8.12. The molecule has 1 aliphatic rings. The van der Waals surface area contributed by atoms with Crippen LogP contribution in [0.3, 0.4) is 0 Å². The molecule has 130 valence electrons. The summed E-state index contributed by atoms with van der Waals surface area (Å²) in [6, 6.07) is 4.61. The summed E-state index contributed by atoms with van der Waals surface area (Å²) in [4.78, 5) is 19.9. The highest BCUT2D eigenvalue weighted by Crippen LogP contribution is 2.28. The third-order valence-corrected chi connectivity index (χ3v) is 4.86. The van der Waals surface area contributed by atoms with Crippen LogP contribution in [0.4, 0.5) is 4.39 Å². The summed E-state index contributed by atoms with van der Waals surface area (Å²) >= 11 is 0. The van der Waals surface area contributed by atoms with Gasteiger partial charge in [0, 0.05) is 36.4 Å². The molecule has 1 N–H and O–H groups in total. The second kappa shape index (κ2) is 5.96. The van der Waals surface area contributed by atoms with Gasteiger partial charge in [-0.3, -0.25) is 4.79 Å². The maximum Gasteiger partial charge on any atom is 0.256 e. The van der Waals surface area contributed by atoms with Crippen LogP contribution >= 0.6 is 0 Å². The number of hydrogen-bond donors (Lipinski definition) is 1. The summed E-state index contributed by atoms with van der Waals surface area (Å²) in [5, 5.41) is 8.71. The highest BCUT2D eigenvalue weighted by Gasteiger charge is 2.38. The molecule has 0 radical (unpaired) electrons. The molecule has 7 nitrogen and oxygen atoms in total. The summed E-state index contributed by atoms with van der Waals surface area (Å²) in [5.74, 6) is -0.388. The number of benzene rings is 1. The van der Waals surface area contributed by atoms with Crippen molar-refractivity contribution in [3.63, 3.8) is 0 Å². The van der Waals surface area contributed by atoms with Gasteiger partial charge in [0.2, 0.25) is 0 Å². The van der Waals surface area contributed by atoms with Crippen molar-refractivity contribution in [3.8, 4) is 0 Å². The van der Waals surface area contributed by atoms with E-state index in [1.54, 1.807) is 18.5 Å². The molecular weight excluding hydrogens is 323 g/mol. The van der Waals surface area contributed by atoms with Crippen LogP contribution in [0, 0.1) is 5.82 Å². The topological polar surface area (TPSA) is 70.1 Å². The van der Waals surface area contributed by atoms with Crippen LogP contribution < -0.4 is 0 Å². The van der Waals surface area contributed by atoms with Crippen molar-refractivity contribution in [1.29, 1.82) is 0 Å². The molecule has 3 heterocycles. The van der Waals surface area contributed by atoms with E-state index in [2.05, 4.69) is 20.2 Å². The van der Waals surface area contributed by atoms with Crippen molar-refractivity contribution in [2.45, 2.75) is 12.1 Å². The van der Waals surface area contributed by atoms with E-state index >= 15 is 0 Å². The van der Waals surface area contributed by atoms with Crippen molar-refractivity contribution < 1.29 is 9.18 Å². The van der Waals surface area contributed by atoms with E-state index in [9.17, 15) is 9.18 Å². The third kappa shape index (κ3) is 2.68. The van der Waals surface area contributed by atoms with Gasteiger partial charge in [0.05, 0.1) is 23.8 Å². The van der Waals surface area contributed by atoms with Gasteiger partial charge in [-0.2, -0.15) is 0 Å². The van der Waals surface area contributed by atoms with Gasteiger partial charge in [0.25, 0.3) is 5.91 Å². The van der Waals surface area contributed by atoms with E-state index in [0.717, 1.165) is 5.39 Å². The number of likely N-dealkylation sites (tertiary alicyclic amines) is 1. The van der Waals surface area contributed by atoms with E-state index in [1.807, 2.05) is 29.9 Å². The fourth-order valence-electron chi connectivity index (χ4n) is 3.54. The van der Waals surface area contributed by atoms with E-state index < -0.39 is 0 Å². The molecular formula is C17H19FN6O. The van der Waals surface area contributed by atoms with Crippen molar-refractivity contribution in [2.24, 2.45) is 0 Å². The lowest BCUT2D eigenvalue weighted by Crippen LogP contribution is -2.37. The maximum absolute atomic E-state index is 13.4. The van der Waals surface area contributed by atoms with Gasteiger partial charge in [0.15, 0.2) is 0 Å². The van der Waals surface area contributed by atoms with Crippen LogP contribution in [-0.4, -0.2) is 68.9 Å². The molecule has 0 spiro atoms. The molecule has 1 aromatic carbocycles. The quantitative estimate of drug-likeness (QED) is 0.784. The number of nitrogens with zero attached hydrogens (tertiary/aromatic N) is 5. The molecule has 1 fully saturated rings. The summed E-state index contributed by atoms with van der Waals surface area (Å²) in [7, 11) is 3.99. The Morgan fingerprint density at radius 2 is 2.20 bits per heavy atom. The van der Waals surface area contributed by atoms with Crippen LogP contribution in [0.1, 0.15) is 16.4 Å². The summed E-state index contributed by atoms with van der Waals surface area (Å²) < 4.78 is 15.2. The first-order chi connectivity index (χ1) is 12.0. The van der Waals surface area contributed by atoms with Gasteiger partial charge in [0.1, 0.15) is 5.82 Å². The Morgan fingerprint density at radius 1 is 1.36 bits per heavy atom. The Morgan fingerprint density at radius 3 is 2.92 bits per heavy atom. The van der Waals surface area contributed by atoms with Crippen molar-refractivity contribution in [3.05, 3.63) is 48.2 Å². The Bertz CT molecular complexity index is 903. The van der Waals surface area contributed by atoms with Crippen LogP contribution in [0.5, 0.6) is 0 Å². The molecule has 3 aromatic rings. The fraction of sp³-hybridized carbons (Fsp3) is 0.353. The molecule has 0 unspecified atom stereocenters. The molecule has 0 aliphatic carbocycles. The van der Waals surface area contributed by atoms with E-state index in [-0.39, 0.29) is 23.8 Å². The average molecular weight is 342 g/mol. The molecule has 8 heteroatoms. The molecule has 2 aromatic heterocycles. The zero-order valence-electron chi connectivity index (χ0n) is 14.1. The standard InChI is InChI=1S/C17H19FN6O/c1-22(2)15-9-23(10-16(15)24-6-5-20-21-24)17(25)13-8-19-14-7-11(18)3-4-12(13)14/h3-8,15-16,19H,9-10H2,1-2H3/t15-,16+/m1/s1. The van der Waals surface area contributed by atoms with Gasteiger partial charge < -0.3 is 14.8 Å². The lowest BCUT2D eigenvalue weighted by molar-refractivity contribution is 0.0783. The zero-order valence-corrected chi connectivity index (χ0v) is 14.1. The molecule has 0 bridgehead atoms. The van der Waals surface area contributed by atoms with Crippen molar-refractivity contribution in [1.82, 2.24) is 29.8 Å². The summed E-state index contributed by atoms with van der Waals surface area (Å²) in [6.45, 7) is 1.16. The monoisotopic (exact) mass is 342 g/mol. The first kappa shape index (κ1) is 15.8. The number of halogens is 1. The predicted molar refractivity (Wildman–Crippen MR) is 90.7 cm³/mol. The minimum Gasteiger partial charge on any atom is -0.360 e. The second-order valence-electron chi connectivity index (χ2n) is 6.58. The minimum absolute atomic E-state index is 0.0455. The number of aromatic nitrogens is 4. The lowest BCUT2D eigenvalue weighted by atomic mass is 10.1. The number of rotatable bonds is 3. The molecule has 2 atom stereocenters. The smallest absolute Gasteiger partial charge is 0.256 e. The number of H-pyrrole nitrogens is 1. The minimum atomic E-state index is -0.326. The van der Waals surface area contributed by atoms with E-state index in [0.29, 0.717) is 24.2 Å². The van der Waals surface area contributed by atoms with Crippen molar-refractivity contribution in [2.75, 3.05) is 27.2 Å². The Balaban J connectivity index is 1.64. The molecule has 25 heavy (non-hydrogen) atoms. The lowest BCUT2D eigenvalue weighted by Gasteiger charge is -2.24. The first-order valence-electron chi connectivity index (χ1n) is 8.12. The van der Waals surface area contributed by atoms with E-state index in [4.69, 9.17) is 0 Å². The van der Waals surface area contributed by atoms with Crippen LogP contribution in [0.2, 0.25) is 0 Å². The van der Waals surface area contributed by atoms with E-state index in [1.165, 1.54) is 12.1 Å². The zero-order chi connectivity index (χ0) is 17.6. The van der Waals surface area contributed by atoms with Crippen LogP contribution in [0.15, 0.2) is 36.8 Å². The number of hydrogen-bond acceptors (Lipinski definition) is 4. The molecule has 1 saturated heterocycles. The van der Waals surface area contributed by atoms with Gasteiger partial charge in [-0.1, -0.05) is 5.21 Å². The molecule has 4 rings (SSSR count). The SMILES string of the molecule is CN(C)[C@@H]1CN(C(=O)c2c[nH]c3cc(F)ccc23)C[C@@H]1n1ccnn1. The number of nitrogens with one attached hydrogen (secondary N) is 1. The Hall–Kier alpha value is -2.74. The maximum atomic E-state index is 13.4. The Labute approximate surface area is 144 Å². The number of carbonyl (C=O) groups excluding carboxylic acids is 1. The Kier molecular flexibility index (Phi) is 3.76. The second-order valence-corrected chi connectivity index (χ2v) is 6.58. The van der Waals surface area contributed by atoms with Crippen LogP contribution in [-0.2, 0) is 0 Å². The fourth-order valence-corrected chi connectivity index (χ4v) is 3.54. The van der Waals surface area contributed by atoms with Crippen LogP contribution in [0.25, 0.3) is 10.9 Å². The number of amides is 1. The molecule has 1 aliphatic heterocycles. The molecule has 1 amide bonds. The van der Waals surface area contributed by atoms with Gasteiger partial charge in [-0.05, 0) is 32.3 Å². The summed E-state index contributed by atoms with van der Waals surface area (Å²) in [5.41, 5.74) is 1.19. The largest absolute Gasteiger partial charge is 0.360 e. The number of aromatic amines is 1. The average Bonchev–Trinajstić information content (AvgIpc) is 3.31. The van der Waals surface area contributed by atoms with Gasteiger partial charge >= 0.3 is 0 Å². The number of carbonyl (C=O) groups is 1. The number of fused-ring (bicyclic) bond motifs is 1. The predicted octanol–water partition coefficient (Wildman–Crippen LogP) is 1.53. The third-order valence-electron chi connectivity index (χ3n) is 4.86. The normalized spacial score (nSPS) is 20.7.